The summed E-state index contributed by atoms with van der Waals surface area (Å²) in [5.74, 6) is 1.24. The molecule has 1 fully saturated rings. The normalized spacial score (nSPS) is 20.6. The molecule has 0 bridgehead atoms. The van der Waals surface area contributed by atoms with Crippen LogP contribution < -0.4 is 4.90 Å². The Morgan fingerprint density at radius 2 is 2.22 bits per heavy atom. The Morgan fingerprint density at radius 1 is 1.30 bits per heavy atom. The fourth-order valence-electron chi connectivity index (χ4n) is 4.45. The third-order valence-electron chi connectivity index (χ3n) is 5.61. The van der Waals surface area contributed by atoms with Crippen LogP contribution in [0.15, 0.2) is 72.1 Å². The van der Waals surface area contributed by atoms with Crippen molar-refractivity contribution in [2.75, 3.05) is 24.5 Å². The van der Waals surface area contributed by atoms with Crippen LogP contribution >= 0.6 is 0 Å². The van der Waals surface area contributed by atoms with Crippen LogP contribution in [0.4, 0.5) is 5.69 Å². The zero-order valence-electron chi connectivity index (χ0n) is 14.9. The Morgan fingerprint density at radius 3 is 3.04 bits per heavy atom. The molecule has 0 saturated carbocycles. The lowest BCUT2D eigenvalue weighted by Crippen LogP contribution is -2.52. The van der Waals surface area contributed by atoms with Gasteiger partial charge in [-0.15, -0.1) is 6.58 Å². The van der Waals surface area contributed by atoms with E-state index in [0.29, 0.717) is 25.4 Å². The Kier molecular flexibility index (Phi) is 3.47. The maximum Gasteiger partial charge on any atom is 0.289 e. The summed E-state index contributed by atoms with van der Waals surface area (Å²) in [7, 11) is 0. The van der Waals surface area contributed by atoms with Gasteiger partial charge in [0.1, 0.15) is 5.54 Å². The van der Waals surface area contributed by atoms with Gasteiger partial charge in [0.2, 0.25) is 0 Å². The summed E-state index contributed by atoms with van der Waals surface area (Å²) in [6, 6.07) is 11.7. The Labute approximate surface area is 157 Å². The molecule has 0 N–H and O–H groups in total. The van der Waals surface area contributed by atoms with Crippen LogP contribution in [0.1, 0.15) is 22.7 Å². The van der Waals surface area contributed by atoms with Gasteiger partial charge in [-0.3, -0.25) is 4.79 Å². The average molecular weight is 360 g/mol. The SMILES string of the molecule is C=CCN1c2cccnc2-n2cccc2[C@@]12CCN(C(=O)c1ccco1)C2. The highest BCUT2D eigenvalue weighted by atomic mass is 16.3. The van der Waals surface area contributed by atoms with Crippen molar-refractivity contribution in [3.63, 3.8) is 0 Å². The number of pyridine rings is 1. The number of nitrogens with zero attached hydrogens (tertiary/aromatic N) is 4. The zero-order chi connectivity index (χ0) is 18.4. The zero-order valence-corrected chi connectivity index (χ0v) is 14.9. The first-order valence-electron chi connectivity index (χ1n) is 9.09. The first-order valence-corrected chi connectivity index (χ1v) is 9.09. The number of likely N-dealkylation sites (tertiary alicyclic amines) is 1. The van der Waals surface area contributed by atoms with Gasteiger partial charge in [-0.2, -0.15) is 0 Å². The summed E-state index contributed by atoms with van der Waals surface area (Å²) in [4.78, 5) is 21.7. The molecule has 5 rings (SSSR count). The van der Waals surface area contributed by atoms with E-state index in [0.717, 1.165) is 23.6 Å². The van der Waals surface area contributed by atoms with E-state index in [1.54, 1.807) is 12.1 Å². The minimum Gasteiger partial charge on any atom is -0.459 e. The number of aromatic nitrogens is 2. The molecule has 5 heterocycles. The maximum absolute atomic E-state index is 12.9. The van der Waals surface area contributed by atoms with Gasteiger partial charge in [-0.1, -0.05) is 6.08 Å². The molecule has 2 aliphatic heterocycles. The van der Waals surface area contributed by atoms with E-state index >= 15 is 0 Å². The minimum absolute atomic E-state index is 0.0643. The van der Waals surface area contributed by atoms with E-state index < -0.39 is 0 Å². The number of amides is 1. The van der Waals surface area contributed by atoms with Crippen LogP contribution in [0, 0.1) is 0 Å². The first-order chi connectivity index (χ1) is 13.2. The van der Waals surface area contributed by atoms with Gasteiger partial charge in [0.25, 0.3) is 5.91 Å². The van der Waals surface area contributed by atoms with Crippen LogP contribution in [-0.2, 0) is 5.54 Å². The van der Waals surface area contributed by atoms with E-state index in [9.17, 15) is 4.79 Å². The molecule has 27 heavy (non-hydrogen) atoms. The lowest BCUT2D eigenvalue weighted by Gasteiger charge is -2.46. The largest absolute Gasteiger partial charge is 0.459 e. The predicted octanol–water partition coefficient (Wildman–Crippen LogP) is 3.21. The minimum atomic E-state index is -0.310. The number of carbonyl (C=O) groups is 1. The Hall–Kier alpha value is -3.28. The Balaban J connectivity index is 1.61. The van der Waals surface area contributed by atoms with Gasteiger partial charge in [0.15, 0.2) is 11.6 Å². The fraction of sp³-hybridized carbons (Fsp3) is 0.238. The third-order valence-corrected chi connectivity index (χ3v) is 5.61. The van der Waals surface area contributed by atoms with Crippen molar-refractivity contribution in [2.45, 2.75) is 12.0 Å². The maximum atomic E-state index is 12.9. The van der Waals surface area contributed by atoms with Gasteiger partial charge >= 0.3 is 0 Å². The van der Waals surface area contributed by atoms with E-state index in [2.05, 4.69) is 33.2 Å². The predicted molar refractivity (Wildman–Crippen MR) is 102 cm³/mol. The second kappa shape index (κ2) is 5.87. The molecular formula is C21H20N4O2. The Bertz CT molecular complexity index is 1010. The van der Waals surface area contributed by atoms with Gasteiger partial charge in [0.05, 0.1) is 24.2 Å². The topological polar surface area (TPSA) is 54.5 Å². The van der Waals surface area contributed by atoms with Gasteiger partial charge in [-0.05, 0) is 42.8 Å². The van der Waals surface area contributed by atoms with E-state index in [-0.39, 0.29) is 11.4 Å². The second-order valence-corrected chi connectivity index (χ2v) is 6.99. The third kappa shape index (κ3) is 2.19. The monoisotopic (exact) mass is 360 g/mol. The molecular weight excluding hydrogens is 340 g/mol. The summed E-state index contributed by atoms with van der Waals surface area (Å²) >= 11 is 0. The quantitative estimate of drug-likeness (QED) is 0.673. The molecule has 1 atom stereocenters. The fourth-order valence-corrected chi connectivity index (χ4v) is 4.45. The van der Waals surface area contributed by atoms with Crippen molar-refractivity contribution >= 4 is 11.6 Å². The van der Waals surface area contributed by atoms with Gasteiger partial charge in [0, 0.05) is 25.5 Å². The highest BCUT2D eigenvalue weighted by Crippen LogP contribution is 2.47. The summed E-state index contributed by atoms with van der Waals surface area (Å²) in [6.07, 6.45) is 8.15. The molecule has 6 nitrogen and oxygen atoms in total. The number of furan rings is 1. The lowest BCUT2D eigenvalue weighted by molar-refractivity contribution is 0.0750. The van der Waals surface area contributed by atoms with E-state index in [1.807, 2.05) is 35.5 Å². The number of fused-ring (bicyclic) bond motifs is 4. The van der Waals surface area contributed by atoms with E-state index in [1.165, 1.54) is 6.26 Å². The molecule has 0 radical (unpaired) electrons. The number of rotatable bonds is 3. The summed E-state index contributed by atoms with van der Waals surface area (Å²) in [5.41, 5.74) is 1.91. The van der Waals surface area contributed by atoms with Crippen molar-refractivity contribution in [1.29, 1.82) is 0 Å². The van der Waals surface area contributed by atoms with Crippen LogP contribution in [0.5, 0.6) is 0 Å². The van der Waals surface area contributed by atoms with Crippen LogP contribution in [0.3, 0.4) is 0 Å². The molecule has 1 spiro atoms. The lowest BCUT2D eigenvalue weighted by atomic mass is 9.89. The molecule has 2 aliphatic rings. The summed E-state index contributed by atoms with van der Waals surface area (Å²) in [6.45, 7) is 5.91. The first kappa shape index (κ1) is 15.9. The smallest absolute Gasteiger partial charge is 0.289 e. The molecule has 0 aliphatic carbocycles. The highest BCUT2D eigenvalue weighted by molar-refractivity contribution is 5.92. The van der Waals surface area contributed by atoms with Crippen molar-refractivity contribution in [3.8, 4) is 5.82 Å². The number of hydrogen-bond acceptors (Lipinski definition) is 4. The molecule has 3 aromatic heterocycles. The van der Waals surface area contributed by atoms with Gasteiger partial charge < -0.3 is 18.8 Å². The summed E-state index contributed by atoms with van der Waals surface area (Å²) in [5, 5.41) is 0. The van der Waals surface area contributed by atoms with Crippen molar-refractivity contribution in [2.24, 2.45) is 0 Å². The molecule has 1 saturated heterocycles. The molecule has 3 aromatic rings. The summed E-state index contributed by atoms with van der Waals surface area (Å²) < 4.78 is 7.48. The second-order valence-electron chi connectivity index (χ2n) is 6.99. The number of carbonyl (C=O) groups excluding carboxylic acids is 1. The standard InChI is InChI=1S/C21H20N4O2/c1-2-11-25-16-6-3-10-22-19(16)24-12-4-8-18(24)21(25)9-13-23(15-21)20(26)17-7-5-14-27-17/h2-8,10,12,14H,1,9,11,13,15H2/t21-/m0/s1. The highest BCUT2D eigenvalue weighted by Gasteiger charge is 2.50. The molecule has 0 unspecified atom stereocenters. The van der Waals surface area contributed by atoms with Crippen LogP contribution in [-0.4, -0.2) is 40.0 Å². The molecule has 6 heteroatoms. The van der Waals surface area contributed by atoms with E-state index in [4.69, 9.17) is 4.42 Å². The number of hydrogen-bond donors (Lipinski definition) is 0. The van der Waals surface area contributed by atoms with Crippen molar-refractivity contribution in [1.82, 2.24) is 14.5 Å². The van der Waals surface area contributed by atoms with Crippen molar-refractivity contribution in [3.05, 3.63) is 79.2 Å². The van der Waals surface area contributed by atoms with Gasteiger partial charge in [-0.25, -0.2) is 4.98 Å². The van der Waals surface area contributed by atoms with Crippen LogP contribution in [0.2, 0.25) is 0 Å². The molecule has 1 amide bonds. The molecule has 136 valence electrons. The number of anilines is 1. The van der Waals surface area contributed by atoms with Crippen molar-refractivity contribution < 1.29 is 9.21 Å². The van der Waals surface area contributed by atoms with Crippen LogP contribution in [0.25, 0.3) is 5.82 Å². The molecule has 0 aromatic carbocycles. The average Bonchev–Trinajstić information content (AvgIpc) is 3.46.